The summed E-state index contributed by atoms with van der Waals surface area (Å²) >= 11 is 0. The van der Waals surface area contributed by atoms with Crippen LogP contribution in [0.4, 0.5) is 8.78 Å². The summed E-state index contributed by atoms with van der Waals surface area (Å²) in [4.78, 5) is 0. The van der Waals surface area contributed by atoms with Gasteiger partial charge in [-0.05, 0) is 63.0 Å². The Kier molecular flexibility index (Phi) is 7.54. The van der Waals surface area contributed by atoms with Crippen molar-refractivity contribution in [1.82, 2.24) is 0 Å². The van der Waals surface area contributed by atoms with Crippen LogP contribution < -0.4 is 9.47 Å². The lowest BCUT2D eigenvalue weighted by molar-refractivity contribution is 0.187. The van der Waals surface area contributed by atoms with E-state index >= 15 is 0 Å². The molecular weight excluding hydrogens is 310 g/mol. The highest BCUT2D eigenvalue weighted by Crippen LogP contribution is 2.32. The largest absolute Gasteiger partial charge is 0.490 e. The number of rotatable bonds is 8. The molecule has 2 nitrogen and oxygen atoms in total. The molecule has 0 spiro atoms. The fourth-order valence-corrected chi connectivity index (χ4v) is 3.09. The highest BCUT2D eigenvalue weighted by Gasteiger charge is 2.21. The fourth-order valence-electron chi connectivity index (χ4n) is 3.09. The summed E-state index contributed by atoms with van der Waals surface area (Å²) in [7, 11) is 0. The van der Waals surface area contributed by atoms with Gasteiger partial charge in [-0.2, -0.15) is 8.78 Å². The van der Waals surface area contributed by atoms with Gasteiger partial charge in [0.15, 0.2) is 11.5 Å². The van der Waals surface area contributed by atoms with E-state index in [2.05, 4.69) is 12.2 Å². The van der Waals surface area contributed by atoms with Crippen molar-refractivity contribution in [2.45, 2.75) is 52.4 Å². The maximum atomic E-state index is 14.1. The van der Waals surface area contributed by atoms with Crippen LogP contribution in [0.25, 0.3) is 0 Å². The second-order valence-corrected chi connectivity index (χ2v) is 6.51. The van der Waals surface area contributed by atoms with Gasteiger partial charge < -0.3 is 9.47 Å². The zero-order valence-electron chi connectivity index (χ0n) is 14.7. The normalized spacial score (nSPS) is 21.2. The first-order valence-electron chi connectivity index (χ1n) is 9.02. The Morgan fingerprint density at radius 3 is 2.25 bits per heavy atom. The second-order valence-electron chi connectivity index (χ2n) is 6.51. The van der Waals surface area contributed by atoms with Gasteiger partial charge in [-0.1, -0.05) is 25.5 Å². The Bertz CT molecular complexity index is 535. The van der Waals surface area contributed by atoms with Gasteiger partial charge in [0.1, 0.15) is 0 Å². The van der Waals surface area contributed by atoms with Crippen LogP contribution >= 0.6 is 0 Å². The molecule has 0 radical (unpaired) electrons. The van der Waals surface area contributed by atoms with Gasteiger partial charge in [-0.3, -0.25) is 0 Å². The van der Waals surface area contributed by atoms with Crippen molar-refractivity contribution in [2.75, 3.05) is 13.2 Å². The first-order chi connectivity index (χ1) is 11.7. The molecule has 0 atom stereocenters. The fraction of sp³-hybridized carbons (Fsp3) is 0.600. The number of unbranched alkanes of at least 4 members (excludes halogenated alkanes) is 1. The van der Waals surface area contributed by atoms with Gasteiger partial charge in [0.05, 0.1) is 13.2 Å². The predicted molar refractivity (Wildman–Crippen MR) is 92.5 cm³/mol. The number of halogens is 2. The smallest absolute Gasteiger partial charge is 0.204 e. The molecule has 4 heteroatoms. The summed E-state index contributed by atoms with van der Waals surface area (Å²) in [6.45, 7) is 4.89. The summed E-state index contributed by atoms with van der Waals surface area (Å²) in [6.07, 6.45) is 10.5. The standard InChI is InChI=1S/C20H28F2O2/c1-3-5-13-23-17-11-12-18(20(22)19(17)21)24-14-16-9-7-15(6-4-2)8-10-16/h4,6,11-12,15-16H,3,5,7-10,13-14H2,1-2H3/b6-4+. The minimum absolute atomic E-state index is 0.0223. The van der Waals surface area contributed by atoms with Crippen molar-refractivity contribution in [3.05, 3.63) is 35.9 Å². The van der Waals surface area contributed by atoms with Gasteiger partial charge in [-0.15, -0.1) is 0 Å². The lowest BCUT2D eigenvalue weighted by Crippen LogP contribution is -2.19. The van der Waals surface area contributed by atoms with E-state index in [-0.39, 0.29) is 11.5 Å². The SMILES string of the molecule is C/C=C/C1CCC(COc2ccc(OCCCC)c(F)c2F)CC1. The third-order valence-electron chi connectivity index (χ3n) is 4.60. The molecule has 0 saturated heterocycles. The molecule has 0 aromatic heterocycles. The van der Waals surface area contributed by atoms with Crippen molar-refractivity contribution in [3.63, 3.8) is 0 Å². The van der Waals surface area contributed by atoms with E-state index < -0.39 is 11.6 Å². The van der Waals surface area contributed by atoms with Crippen LogP contribution in [0.3, 0.4) is 0 Å². The highest BCUT2D eigenvalue weighted by atomic mass is 19.2. The molecule has 0 bridgehead atoms. The number of hydrogen-bond acceptors (Lipinski definition) is 2. The van der Waals surface area contributed by atoms with E-state index in [1.807, 2.05) is 13.8 Å². The van der Waals surface area contributed by atoms with Gasteiger partial charge in [0, 0.05) is 0 Å². The van der Waals surface area contributed by atoms with Crippen LogP contribution in [0.2, 0.25) is 0 Å². The Hall–Kier alpha value is -1.58. The van der Waals surface area contributed by atoms with Crippen LogP contribution in [-0.4, -0.2) is 13.2 Å². The molecule has 0 N–H and O–H groups in total. The van der Waals surface area contributed by atoms with Crippen molar-refractivity contribution in [3.8, 4) is 11.5 Å². The van der Waals surface area contributed by atoms with E-state index in [4.69, 9.17) is 9.47 Å². The van der Waals surface area contributed by atoms with Gasteiger partial charge in [0.2, 0.25) is 11.6 Å². The average Bonchev–Trinajstić information content (AvgIpc) is 2.60. The first kappa shape index (κ1) is 18.8. The molecule has 1 saturated carbocycles. The van der Waals surface area contributed by atoms with Crippen molar-refractivity contribution in [2.24, 2.45) is 11.8 Å². The van der Waals surface area contributed by atoms with E-state index in [1.54, 1.807) is 0 Å². The zero-order chi connectivity index (χ0) is 17.4. The molecule has 1 aliphatic carbocycles. The minimum Gasteiger partial charge on any atom is -0.490 e. The summed E-state index contributed by atoms with van der Waals surface area (Å²) < 4.78 is 38.9. The molecule has 1 aliphatic rings. The molecule has 2 rings (SSSR count). The maximum Gasteiger partial charge on any atom is 0.204 e. The molecular formula is C20H28F2O2. The number of ether oxygens (including phenoxy) is 2. The molecule has 0 heterocycles. The van der Waals surface area contributed by atoms with Crippen LogP contribution in [0.15, 0.2) is 24.3 Å². The third kappa shape index (κ3) is 5.22. The summed E-state index contributed by atoms with van der Waals surface area (Å²) in [5.41, 5.74) is 0. The Morgan fingerprint density at radius 1 is 1.04 bits per heavy atom. The number of benzene rings is 1. The summed E-state index contributed by atoms with van der Waals surface area (Å²) in [5.74, 6) is -0.910. The summed E-state index contributed by atoms with van der Waals surface area (Å²) in [5, 5.41) is 0. The summed E-state index contributed by atoms with van der Waals surface area (Å²) in [6, 6.07) is 2.91. The van der Waals surface area contributed by atoms with Crippen molar-refractivity contribution in [1.29, 1.82) is 0 Å². The Morgan fingerprint density at radius 2 is 1.67 bits per heavy atom. The van der Waals surface area contributed by atoms with Crippen LogP contribution in [-0.2, 0) is 0 Å². The molecule has 0 amide bonds. The third-order valence-corrected chi connectivity index (χ3v) is 4.60. The monoisotopic (exact) mass is 338 g/mol. The van der Waals surface area contributed by atoms with E-state index in [9.17, 15) is 8.78 Å². The molecule has 1 fully saturated rings. The Labute approximate surface area is 143 Å². The topological polar surface area (TPSA) is 18.5 Å². The van der Waals surface area contributed by atoms with Crippen LogP contribution in [0.1, 0.15) is 52.4 Å². The lowest BCUT2D eigenvalue weighted by atomic mass is 9.82. The molecule has 24 heavy (non-hydrogen) atoms. The minimum atomic E-state index is -0.958. The lowest BCUT2D eigenvalue weighted by Gasteiger charge is -2.26. The zero-order valence-corrected chi connectivity index (χ0v) is 14.7. The quantitative estimate of drug-likeness (QED) is 0.434. The van der Waals surface area contributed by atoms with Gasteiger partial charge >= 0.3 is 0 Å². The van der Waals surface area contributed by atoms with E-state index in [0.29, 0.717) is 25.0 Å². The predicted octanol–water partition coefficient (Wildman–Crippen LogP) is 5.91. The van der Waals surface area contributed by atoms with Gasteiger partial charge in [0.25, 0.3) is 0 Å². The van der Waals surface area contributed by atoms with Crippen LogP contribution in [0.5, 0.6) is 11.5 Å². The molecule has 0 aliphatic heterocycles. The molecule has 1 aromatic carbocycles. The Balaban J connectivity index is 1.86. The first-order valence-corrected chi connectivity index (χ1v) is 9.02. The van der Waals surface area contributed by atoms with Crippen molar-refractivity contribution < 1.29 is 18.3 Å². The average molecular weight is 338 g/mol. The number of hydrogen-bond donors (Lipinski definition) is 0. The van der Waals surface area contributed by atoms with E-state index in [0.717, 1.165) is 38.5 Å². The molecule has 134 valence electrons. The number of allylic oxidation sites excluding steroid dienone is 2. The highest BCUT2D eigenvalue weighted by molar-refractivity contribution is 5.35. The van der Waals surface area contributed by atoms with Crippen LogP contribution in [0, 0.1) is 23.5 Å². The van der Waals surface area contributed by atoms with Gasteiger partial charge in [-0.25, -0.2) is 0 Å². The molecule has 1 aromatic rings. The molecule has 0 unspecified atom stereocenters. The van der Waals surface area contributed by atoms with Crippen molar-refractivity contribution >= 4 is 0 Å². The second kappa shape index (κ2) is 9.65. The maximum absolute atomic E-state index is 14.1. The van der Waals surface area contributed by atoms with E-state index in [1.165, 1.54) is 12.1 Å².